The molecule has 5 rings (SSSR count). The highest BCUT2D eigenvalue weighted by Crippen LogP contribution is 2.50. The maximum absolute atomic E-state index is 13.5. The van der Waals surface area contributed by atoms with Gasteiger partial charge < -0.3 is 14.3 Å². The molecule has 0 bridgehead atoms. The Morgan fingerprint density at radius 3 is 2.72 bits per heavy atom. The molecule has 5 heterocycles. The van der Waals surface area contributed by atoms with E-state index < -0.39 is 23.3 Å². The number of aliphatic hydroxyl groups excluding tert-OH is 1. The van der Waals surface area contributed by atoms with Crippen molar-refractivity contribution in [1.29, 1.82) is 0 Å². The first kappa shape index (κ1) is 21.6. The number of aliphatic hydroxyl groups is 1. The van der Waals surface area contributed by atoms with Gasteiger partial charge >= 0.3 is 6.18 Å². The van der Waals surface area contributed by atoms with Crippen molar-refractivity contribution in [2.24, 2.45) is 0 Å². The van der Waals surface area contributed by atoms with E-state index in [4.69, 9.17) is 9.15 Å². The molecular formula is C20H22F3N5O3S. The second kappa shape index (κ2) is 8.25. The number of halogens is 3. The number of fused-ring (bicyclic) bond motifs is 2. The molecule has 2 aliphatic heterocycles. The number of piperidine rings is 1. The summed E-state index contributed by atoms with van der Waals surface area (Å²) in [5.74, 6) is 0.473. The second-order valence-corrected chi connectivity index (χ2v) is 9.14. The van der Waals surface area contributed by atoms with E-state index in [1.165, 1.54) is 6.39 Å². The first-order chi connectivity index (χ1) is 15.4. The smallest absolute Gasteiger partial charge is 0.425 e. The van der Waals surface area contributed by atoms with Gasteiger partial charge in [-0.15, -0.1) is 21.5 Å². The van der Waals surface area contributed by atoms with Crippen LogP contribution in [0, 0.1) is 0 Å². The van der Waals surface area contributed by atoms with Crippen LogP contribution >= 0.6 is 11.3 Å². The summed E-state index contributed by atoms with van der Waals surface area (Å²) in [6.07, 6.45) is 2.14. The monoisotopic (exact) mass is 469 g/mol. The molecule has 32 heavy (non-hydrogen) atoms. The van der Waals surface area contributed by atoms with Crippen LogP contribution in [0.4, 0.5) is 13.2 Å². The van der Waals surface area contributed by atoms with E-state index in [0.717, 1.165) is 16.9 Å². The van der Waals surface area contributed by atoms with Crippen LogP contribution in [0.2, 0.25) is 0 Å². The summed E-state index contributed by atoms with van der Waals surface area (Å²) < 4.78 is 53.6. The molecule has 172 valence electrons. The Labute approximate surface area is 185 Å². The third kappa shape index (κ3) is 3.96. The number of aromatic nitrogens is 4. The summed E-state index contributed by atoms with van der Waals surface area (Å²) >= 11 is 0.747. The Bertz CT molecular complexity index is 1070. The van der Waals surface area contributed by atoms with Crippen molar-refractivity contribution in [3.63, 3.8) is 0 Å². The zero-order valence-corrected chi connectivity index (χ0v) is 18.0. The highest BCUT2D eigenvalue weighted by Gasteiger charge is 2.47. The minimum absolute atomic E-state index is 0.0243. The number of alkyl halides is 3. The predicted octanol–water partition coefficient (Wildman–Crippen LogP) is 2.95. The fourth-order valence-electron chi connectivity index (χ4n) is 4.62. The molecule has 0 aromatic carbocycles. The summed E-state index contributed by atoms with van der Waals surface area (Å²) in [6.45, 7) is 2.25. The molecule has 1 saturated heterocycles. The Hall–Kier alpha value is -2.28. The third-order valence-corrected chi connectivity index (χ3v) is 7.64. The van der Waals surface area contributed by atoms with E-state index in [2.05, 4.69) is 20.2 Å². The summed E-state index contributed by atoms with van der Waals surface area (Å²) in [5, 5.41) is 21.5. The molecule has 1 N–H and O–H groups in total. The van der Waals surface area contributed by atoms with E-state index in [0.29, 0.717) is 68.4 Å². The highest BCUT2D eigenvalue weighted by molar-refractivity contribution is 7.12. The number of rotatable bonds is 5. The predicted molar refractivity (Wildman–Crippen MR) is 107 cm³/mol. The standard InChI is InChI=1S/C20H22F3N5O3S/c21-20(22,23)18-15(11-29)14-1-6-31-19(17(14)32-18)2-4-27(5-3-19)8-13-7-25-28(9-13)10-16-26-24-12-30-16/h7,9,12,29H,1-6,8,10-11H2. The Kier molecular flexibility index (Phi) is 5.56. The lowest BCUT2D eigenvalue weighted by Crippen LogP contribution is -2.45. The van der Waals surface area contributed by atoms with Gasteiger partial charge in [0.25, 0.3) is 0 Å². The zero-order chi connectivity index (χ0) is 22.3. The van der Waals surface area contributed by atoms with Gasteiger partial charge in [-0.1, -0.05) is 0 Å². The minimum atomic E-state index is -4.47. The van der Waals surface area contributed by atoms with Gasteiger partial charge in [-0.3, -0.25) is 9.58 Å². The van der Waals surface area contributed by atoms with Gasteiger partial charge in [0, 0.05) is 41.8 Å². The zero-order valence-electron chi connectivity index (χ0n) is 17.1. The Morgan fingerprint density at radius 1 is 1.22 bits per heavy atom. The van der Waals surface area contributed by atoms with Crippen LogP contribution in [0.25, 0.3) is 0 Å². The van der Waals surface area contributed by atoms with Crippen molar-refractivity contribution in [2.45, 2.75) is 50.7 Å². The summed E-state index contributed by atoms with van der Waals surface area (Å²) in [4.78, 5) is 2.21. The molecule has 8 nitrogen and oxygen atoms in total. The molecule has 0 aliphatic carbocycles. The molecule has 0 unspecified atom stereocenters. The molecule has 12 heteroatoms. The first-order valence-electron chi connectivity index (χ1n) is 10.3. The third-order valence-electron chi connectivity index (χ3n) is 6.14. The number of ether oxygens (including phenoxy) is 1. The molecule has 3 aromatic rings. The van der Waals surface area contributed by atoms with Crippen LogP contribution < -0.4 is 0 Å². The van der Waals surface area contributed by atoms with Gasteiger partial charge in [-0.2, -0.15) is 18.3 Å². The largest absolute Gasteiger partial charge is 0.426 e. The van der Waals surface area contributed by atoms with Crippen molar-refractivity contribution in [1.82, 2.24) is 24.9 Å². The van der Waals surface area contributed by atoms with Gasteiger partial charge in [-0.25, -0.2) is 0 Å². The average molecular weight is 469 g/mol. The topological polar surface area (TPSA) is 89.4 Å². The number of thiophene rings is 1. The molecule has 0 amide bonds. The van der Waals surface area contributed by atoms with Crippen molar-refractivity contribution in [2.75, 3.05) is 19.7 Å². The summed E-state index contributed by atoms with van der Waals surface area (Å²) in [5.41, 5.74) is 0.983. The maximum atomic E-state index is 13.5. The molecular weight excluding hydrogens is 447 g/mol. The SMILES string of the molecule is OCc1c(C(F)(F)F)sc2c1CCOC21CCN(Cc2cnn(Cc3nnco3)c2)CC1. The number of hydrogen-bond donors (Lipinski definition) is 1. The van der Waals surface area contributed by atoms with Crippen LogP contribution in [-0.2, 0) is 42.6 Å². The molecule has 0 atom stereocenters. The number of hydrogen-bond acceptors (Lipinski definition) is 8. The van der Waals surface area contributed by atoms with Crippen molar-refractivity contribution >= 4 is 11.3 Å². The lowest BCUT2D eigenvalue weighted by atomic mass is 9.84. The minimum Gasteiger partial charge on any atom is -0.426 e. The van der Waals surface area contributed by atoms with E-state index >= 15 is 0 Å². The lowest BCUT2D eigenvalue weighted by molar-refractivity contribution is -0.135. The van der Waals surface area contributed by atoms with Gasteiger partial charge in [0.05, 0.1) is 19.4 Å². The van der Waals surface area contributed by atoms with Crippen molar-refractivity contribution in [3.8, 4) is 0 Å². The van der Waals surface area contributed by atoms with Crippen molar-refractivity contribution in [3.05, 3.63) is 51.1 Å². The van der Waals surface area contributed by atoms with Crippen LogP contribution in [0.1, 0.15) is 45.2 Å². The normalized spacial score (nSPS) is 18.9. The van der Waals surface area contributed by atoms with E-state index in [1.54, 1.807) is 10.9 Å². The second-order valence-electron chi connectivity index (χ2n) is 8.12. The van der Waals surface area contributed by atoms with Crippen LogP contribution in [0.3, 0.4) is 0 Å². The van der Waals surface area contributed by atoms with Gasteiger partial charge in [0.1, 0.15) is 17.0 Å². The van der Waals surface area contributed by atoms with E-state index in [-0.39, 0.29) is 5.56 Å². The average Bonchev–Trinajstić information content (AvgIpc) is 3.50. The first-order valence-corrected chi connectivity index (χ1v) is 11.2. The quantitative estimate of drug-likeness (QED) is 0.615. The molecule has 3 aromatic heterocycles. The Morgan fingerprint density at radius 2 is 2.03 bits per heavy atom. The van der Waals surface area contributed by atoms with Gasteiger partial charge in [0.2, 0.25) is 12.3 Å². The molecule has 1 fully saturated rings. The van der Waals surface area contributed by atoms with Crippen LogP contribution in [0.15, 0.2) is 23.2 Å². The Balaban J connectivity index is 1.28. The number of nitrogens with zero attached hydrogens (tertiary/aromatic N) is 5. The fourth-order valence-corrected chi connectivity index (χ4v) is 6.05. The lowest BCUT2D eigenvalue weighted by Gasteiger charge is -2.43. The van der Waals surface area contributed by atoms with Crippen molar-refractivity contribution < 1.29 is 27.4 Å². The summed E-state index contributed by atoms with van der Waals surface area (Å²) in [7, 11) is 0. The van der Waals surface area contributed by atoms with Gasteiger partial charge in [-0.05, 0) is 24.8 Å². The van der Waals surface area contributed by atoms with E-state index in [9.17, 15) is 18.3 Å². The van der Waals surface area contributed by atoms with Crippen LogP contribution in [-0.4, -0.2) is 49.7 Å². The maximum Gasteiger partial charge on any atom is 0.425 e. The van der Waals surface area contributed by atoms with Crippen LogP contribution in [0.5, 0.6) is 0 Å². The molecule has 2 aliphatic rings. The fraction of sp³-hybridized carbons (Fsp3) is 0.550. The highest BCUT2D eigenvalue weighted by atomic mass is 32.1. The van der Waals surface area contributed by atoms with Gasteiger partial charge in [0.15, 0.2) is 0 Å². The molecule has 0 saturated carbocycles. The van der Waals surface area contributed by atoms with E-state index in [1.807, 2.05) is 6.20 Å². The molecule has 1 spiro atoms. The summed E-state index contributed by atoms with van der Waals surface area (Å²) in [6, 6.07) is 0. The molecule has 0 radical (unpaired) electrons. The number of likely N-dealkylation sites (tertiary alicyclic amines) is 1.